The second kappa shape index (κ2) is 13.8. The molecule has 13 nitrogen and oxygen atoms in total. The number of aliphatic carboxylic acids is 1. The Bertz CT molecular complexity index is 586. The van der Waals surface area contributed by atoms with Crippen LogP contribution in [0.1, 0.15) is 33.1 Å². The standard InChI is InChI=1S/C17H33N5O8/c1-8(24)12(21-14(26)10(19)7-23)16(28)20-11(5-3-4-6-18)15(27)22-13(9(2)25)17(29)30/h8-13,23-25H,3-7,18-19H2,1-2H3,(H,20,28)(H,21,26)(H,22,27)(H,29,30). The van der Waals surface area contributed by atoms with Crippen LogP contribution < -0.4 is 27.4 Å². The van der Waals surface area contributed by atoms with Gasteiger partial charge in [-0.05, 0) is 39.7 Å². The molecule has 0 spiro atoms. The highest BCUT2D eigenvalue weighted by molar-refractivity contribution is 5.94. The molecule has 0 aliphatic heterocycles. The van der Waals surface area contributed by atoms with Gasteiger partial charge in [-0.2, -0.15) is 0 Å². The van der Waals surface area contributed by atoms with Gasteiger partial charge in [-0.25, -0.2) is 4.79 Å². The van der Waals surface area contributed by atoms with Gasteiger partial charge < -0.3 is 47.8 Å². The van der Waals surface area contributed by atoms with E-state index in [-0.39, 0.29) is 6.42 Å². The molecule has 0 rings (SSSR count). The number of unbranched alkanes of at least 4 members (excludes halogenated alkanes) is 1. The van der Waals surface area contributed by atoms with Crippen LogP contribution in [0.4, 0.5) is 0 Å². The number of nitrogens with two attached hydrogens (primary N) is 2. The molecule has 13 heteroatoms. The summed E-state index contributed by atoms with van der Waals surface area (Å²) in [5, 5.41) is 44.1. The van der Waals surface area contributed by atoms with Crippen LogP contribution in [0.25, 0.3) is 0 Å². The van der Waals surface area contributed by atoms with Crippen LogP contribution in [0.3, 0.4) is 0 Å². The molecular formula is C17H33N5O8. The van der Waals surface area contributed by atoms with Crippen molar-refractivity contribution in [2.45, 2.75) is 69.5 Å². The number of aliphatic hydroxyl groups is 3. The molecule has 0 fully saturated rings. The fourth-order valence-electron chi connectivity index (χ4n) is 2.41. The fraction of sp³-hybridized carbons (Fsp3) is 0.765. The highest BCUT2D eigenvalue weighted by atomic mass is 16.4. The maximum atomic E-state index is 12.6. The molecule has 0 heterocycles. The van der Waals surface area contributed by atoms with Crippen LogP contribution in [-0.4, -0.2) is 93.6 Å². The molecule has 0 saturated carbocycles. The number of hydrogen-bond donors (Lipinski definition) is 9. The number of carboxylic acids is 1. The van der Waals surface area contributed by atoms with E-state index in [0.717, 1.165) is 0 Å². The Morgan fingerprint density at radius 2 is 1.40 bits per heavy atom. The first kappa shape index (κ1) is 27.7. The van der Waals surface area contributed by atoms with E-state index >= 15 is 0 Å². The van der Waals surface area contributed by atoms with Gasteiger partial charge in [-0.15, -0.1) is 0 Å². The maximum Gasteiger partial charge on any atom is 0.328 e. The van der Waals surface area contributed by atoms with Crippen molar-refractivity contribution in [1.82, 2.24) is 16.0 Å². The van der Waals surface area contributed by atoms with Crippen molar-refractivity contribution in [2.24, 2.45) is 11.5 Å². The van der Waals surface area contributed by atoms with Crippen LogP contribution in [0, 0.1) is 0 Å². The lowest BCUT2D eigenvalue weighted by Crippen LogP contribution is -2.60. The summed E-state index contributed by atoms with van der Waals surface area (Å²) in [7, 11) is 0. The third-order valence-electron chi connectivity index (χ3n) is 4.22. The topological polar surface area (TPSA) is 237 Å². The normalized spacial score (nSPS) is 17.0. The summed E-state index contributed by atoms with van der Waals surface area (Å²) in [4.78, 5) is 48.1. The largest absolute Gasteiger partial charge is 0.480 e. The minimum atomic E-state index is -1.60. The van der Waals surface area contributed by atoms with E-state index in [1.165, 1.54) is 13.8 Å². The summed E-state index contributed by atoms with van der Waals surface area (Å²) in [6.45, 7) is 2.07. The van der Waals surface area contributed by atoms with E-state index in [0.29, 0.717) is 19.4 Å². The highest BCUT2D eigenvalue weighted by Gasteiger charge is 2.33. The Hall–Kier alpha value is -2.32. The van der Waals surface area contributed by atoms with Crippen molar-refractivity contribution in [3.05, 3.63) is 0 Å². The quantitative estimate of drug-likeness (QED) is 0.119. The third kappa shape index (κ3) is 9.45. The van der Waals surface area contributed by atoms with Gasteiger partial charge in [0, 0.05) is 0 Å². The smallest absolute Gasteiger partial charge is 0.328 e. The number of carbonyl (C=O) groups excluding carboxylic acids is 3. The molecule has 30 heavy (non-hydrogen) atoms. The number of carboxylic acid groups (broad SMARTS) is 1. The Morgan fingerprint density at radius 3 is 1.83 bits per heavy atom. The zero-order valence-electron chi connectivity index (χ0n) is 17.1. The van der Waals surface area contributed by atoms with Crippen LogP contribution in [0.5, 0.6) is 0 Å². The molecule has 0 aliphatic carbocycles. The van der Waals surface area contributed by atoms with Gasteiger partial charge >= 0.3 is 5.97 Å². The van der Waals surface area contributed by atoms with Crippen molar-refractivity contribution >= 4 is 23.7 Å². The van der Waals surface area contributed by atoms with Crippen molar-refractivity contribution in [1.29, 1.82) is 0 Å². The predicted octanol–water partition coefficient (Wildman–Crippen LogP) is -4.26. The van der Waals surface area contributed by atoms with Crippen molar-refractivity contribution in [3.8, 4) is 0 Å². The zero-order valence-corrected chi connectivity index (χ0v) is 17.1. The van der Waals surface area contributed by atoms with Gasteiger partial charge in [0.2, 0.25) is 17.7 Å². The Balaban J connectivity index is 5.39. The molecule has 0 aromatic rings. The summed E-state index contributed by atoms with van der Waals surface area (Å²) >= 11 is 0. The van der Waals surface area contributed by atoms with Crippen molar-refractivity contribution < 1.29 is 39.6 Å². The number of nitrogens with one attached hydrogen (secondary N) is 3. The summed E-state index contributed by atoms with van der Waals surface area (Å²) < 4.78 is 0. The van der Waals surface area contributed by atoms with E-state index in [9.17, 15) is 29.4 Å². The molecule has 11 N–H and O–H groups in total. The summed E-state index contributed by atoms with van der Waals surface area (Å²) in [6, 6.07) is -5.60. The molecule has 0 radical (unpaired) electrons. The minimum absolute atomic E-state index is 0.0948. The number of rotatable bonds is 14. The second-order valence-corrected chi connectivity index (χ2v) is 6.93. The Morgan fingerprint density at radius 1 is 0.867 bits per heavy atom. The Kier molecular flexibility index (Phi) is 12.8. The number of amides is 3. The second-order valence-electron chi connectivity index (χ2n) is 6.93. The van der Waals surface area contributed by atoms with E-state index < -0.39 is 66.7 Å². The van der Waals surface area contributed by atoms with E-state index in [4.69, 9.17) is 21.7 Å². The van der Waals surface area contributed by atoms with Crippen LogP contribution >= 0.6 is 0 Å². The van der Waals surface area contributed by atoms with Gasteiger partial charge in [0.15, 0.2) is 6.04 Å². The van der Waals surface area contributed by atoms with Gasteiger partial charge in [0.05, 0.1) is 18.8 Å². The molecule has 0 aliphatic rings. The zero-order chi connectivity index (χ0) is 23.4. The first-order valence-electron chi connectivity index (χ1n) is 9.52. The number of carbonyl (C=O) groups is 4. The average Bonchev–Trinajstić information content (AvgIpc) is 2.67. The maximum absolute atomic E-state index is 12.6. The predicted molar refractivity (Wildman–Crippen MR) is 105 cm³/mol. The first-order chi connectivity index (χ1) is 14.0. The molecule has 174 valence electrons. The van der Waals surface area contributed by atoms with Gasteiger partial charge in [-0.1, -0.05) is 0 Å². The van der Waals surface area contributed by atoms with Crippen LogP contribution in [0.2, 0.25) is 0 Å². The average molecular weight is 435 g/mol. The lowest BCUT2D eigenvalue weighted by atomic mass is 10.1. The molecule has 0 saturated heterocycles. The minimum Gasteiger partial charge on any atom is -0.480 e. The first-order valence-corrected chi connectivity index (χ1v) is 9.52. The molecule has 0 bridgehead atoms. The van der Waals surface area contributed by atoms with Crippen molar-refractivity contribution in [3.63, 3.8) is 0 Å². The highest BCUT2D eigenvalue weighted by Crippen LogP contribution is 2.05. The number of aliphatic hydroxyl groups excluding tert-OH is 3. The fourth-order valence-corrected chi connectivity index (χ4v) is 2.41. The SMILES string of the molecule is CC(O)C(NC(=O)C(CCCCN)NC(=O)C(NC(=O)C(N)CO)C(C)O)C(=O)O. The summed E-state index contributed by atoms with van der Waals surface area (Å²) in [6.07, 6.45) is -1.71. The number of hydrogen-bond acceptors (Lipinski definition) is 9. The molecule has 0 aromatic carbocycles. The summed E-state index contributed by atoms with van der Waals surface area (Å²) in [5.74, 6) is -4.13. The van der Waals surface area contributed by atoms with E-state index in [2.05, 4.69) is 16.0 Å². The third-order valence-corrected chi connectivity index (χ3v) is 4.22. The molecule has 6 atom stereocenters. The molecule has 0 aromatic heterocycles. The van der Waals surface area contributed by atoms with Gasteiger partial charge in [0.25, 0.3) is 0 Å². The van der Waals surface area contributed by atoms with Gasteiger partial charge in [0.1, 0.15) is 18.1 Å². The molecule has 6 unspecified atom stereocenters. The summed E-state index contributed by atoms with van der Waals surface area (Å²) in [5.41, 5.74) is 10.8. The van der Waals surface area contributed by atoms with Crippen molar-refractivity contribution in [2.75, 3.05) is 13.2 Å². The van der Waals surface area contributed by atoms with Crippen LogP contribution in [-0.2, 0) is 19.2 Å². The Labute approximate surface area is 174 Å². The molecule has 3 amide bonds. The van der Waals surface area contributed by atoms with Gasteiger partial charge in [-0.3, -0.25) is 14.4 Å². The molecular weight excluding hydrogens is 402 g/mol. The monoisotopic (exact) mass is 435 g/mol. The lowest BCUT2D eigenvalue weighted by Gasteiger charge is -2.26. The lowest BCUT2D eigenvalue weighted by molar-refractivity contribution is -0.145. The van der Waals surface area contributed by atoms with Crippen LogP contribution in [0.15, 0.2) is 0 Å². The van der Waals surface area contributed by atoms with E-state index in [1.54, 1.807) is 0 Å². The van der Waals surface area contributed by atoms with E-state index in [1.807, 2.05) is 0 Å².